The van der Waals surface area contributed by atoms with E-state index in [-0.39, 0.29) is 5.91 Å². The predicted octanol–water partition coefficient (Wildman–Crippen LogP) is 1.70. The van der Waals surface area contributed by atoms with Crippen LogP contribution in [0.4, 0.5) is 0 Å². The topological polar surface area (TPSA) is 49.4 Å². The van der Waals surface area contributed by atoms with Crippen molar-refractivity contribution in [3.63, 3.8) is 0 Å². The minimum atomic E-state index is 0.255. The van der Waals surface area contributed by atoms with Crippen molar-refractivity contribution in [2.75, 3.05) is 20.1 Å². The van der Waals surface area contributed by atoms with Gasteiger partial charge in [-0.2, -0.15) is 0 Å². The maximum Gasteiger partial charge on any atom is 0.225 e. The van der Waals surface area contributed by atoms with Crippen molar-refractivity contribution >= 4 is 12.7 Å². The molecule has 1 fully saturated rings. The Bertz CT molecular complexity index is 348. The lowest BCUT2D eigenvalue weighted by molar-refractivity contribution is -0.145. The Balaban J connectivity index is 0.00000154. The highest BCUT2D eigenvalue weighted by Crippen LogP contribution is 2.23. The summed E-state index contributed by atoms with van der Waals surface area (Å²) in [6.45, 7) is 9.33. The van der Waals surface area contributed by atoms with Gasteiger partial charge in [0.15, 0.2) is 0 Å². The van der Waals surface area contributed by atoms with Crippen molar-refractivity contribution in [3.8, 4) is 0 Å². The lowest BCUT2D eigenvalue weighted by Crippen LogP contribution is -2.53. The first-order chi connectivity index (χ1) is 9.22. The van der Waals surface area contributed by atoms with Crippen LogP contribution < -0.4 is 5.32 Å². The molecular weight excluding hydrogens is 240 g/mol. The summed E-state index contributed by atoms with van der Waals surface area (Å²) in [6.07, 6.45) is 9.46. The number of carbonyl (C=O) groups excluding carboxylic acids is 2. The molecule has 0 aliphatic carbocycles. The fraction of sp³-hybridized carbons (Fsp3) is 0.467. The van der Waals surface area contributed by atoms with Crippen LogP contribution in [-0.4, -0.2) is 43.8 Å². The minimum absolute atomic E-state index is 0.255. The average Bonchev–Trinajstić information content (AvgIpc) is 2.43. The quantitative estimate of drug-likeness (QED) is 0.562. The summed E-state index contributed by atoms with van der Waals surface area (Å²) >= 11 is 0. The van der Waals surface area contributed by atoms with Crippen molar-refractivity contribution in [2.45, 2.75) is 25.8 Å². The van der Waals surface area contributed by atoms with Crippen molar-refractivity contribution in [3.05, 3.63) is 36.5 Å². The van der Waals surface area contributed by atoms with Crippen LogP contribution in [0.15, 0.2) is 36.5 Å². The summed E-state index contributed by atoms with van der Waals surface area (Å²) in [7, 11) is 1.94. The van der Waals surface area contributed by atoms with Crippen LogP contribution in [-0.2, 0) is 9.59 Å². The second-order valence-corrected chi connectivity index (χ2v) is 4.25. The number of hydrogen-bond acceptors (Lipinski definition) is 3. The second kappa shape index (κ2) is 10.3. The van der Waals surface area contributed by atoms with Gasteiger partial charge in [0.2, 0.25) is 5.91 Å². The Labute approximate surface area is 115 Å². The number of nitrogens with one attached hydrogen (secondary N) is 1. The van der Waals surface area contributed by atoms with Gasteiger partial charge in [0.1, 0.15) is 6.79 Å². The van der Waals surface area contributed by atoms with Gasteiger partial charge in [0.25, 0.3) is 0 Å². The summed E-state index contributed by atoms with van der Waals surface area (Å²) in [6, 6.07) is 0.397. The molecule has 0 bridgehead atoms. The molecule has 1 rings (SSSR count). The lowest BCUT2D eigenvalue weighted by Gasteiger charge is -2.41. The van der Waals surface area contributed by atoms with E-state index in [2.05, 4.69) is 11.9 Å². The van der Waals surface area contributed by atoms with Crippen LogP contribution in [0.2, 0.25) is 0 Å². The highest BCUT2D eigenvalue weighted by molar-refractivity contribution is 5.83. The summed E-state index contributed by atoms with van der Waals surface area (Å²) < 4.78 is 0. The molecule has 19 heavy (non-hydrogen) atoms. The molecule has 0 saturated carbocycles. The summed E-state index contributed by atoms with van der Waals surface area (Å²) in [5.74, 6) is 0.255. The first kappa shape index (κ1) is 17.3. The fourth-order valence-electron chi connectivity index (χ4n) is 2.03. The Morgan fingerprint density at radius 3 is 2.68 bits per heavy atom. The van der Waals surface area contributed by atoms with E-state index in [1.807, 2.05) is 43.9 Å². The third-order valence-corrected chi connectivity index (χ3v) is 2.96. The lowest BCUT2D eigenvalue weighted by atomic mass is 9.97. The zero-order valence-electron chi connectivity index (χ0n) is 11.9. The molecule has 1 amide bonds. The molecule has 0 radical (unpaired) electrons. The van der Waals surface area contributed by atoms with E-state index >= 15 is 0 Å². The summed E-state index contributed by atoms with van der Waals surface area (Å²) in [5.41, 5.74) is 1.13. The number of hydrogen-bond donors (Lipinski definition) is 1. The molecule has 106 valence electrons. The van der Waals surface area contributed by atoms with Gasteiger partial charge >= 0.3 is 0 Å². The van der Waals surface area contributed by atoms with Crippen molar-refractivity contribution in [1.29, 1.82) is 0 Å². The first-order valence-corrected chi connectivity index (χ1v) is 6.40. The number of carbonyl (C=O) groups is 2. The highest BCUT2D eigenvalue weighted by atomic mass is 16.2. The molecule has 1 aliphatic heterocycles. The number of rotatable bonds is 7. The number of likely N-dealkylation sites (tertiary alicyclic amines) is 1. The van der Waals surface area contributed by atoms with E-state index in [0.717, 1.165) is 18.5 Å². The molecule has 1 saturated heterocycles. The van der Waals surface area contributed by atoms with E-state index in [9.17, 15) is 4.79 Å². The van der Waals surface area contributed by atoms with Crippen molar-refractivity contribution < 1.29 is 9.59 Å². The molecule has 1 heterocycles. The van der Waals surface area contributed by atoms with Gasteiger partial charge in [-0.15, -0.1) is 0 Å². The third kappa shape index (κ3) is 5.66. The van der Waals surface area contributed by atoms with Gasteiger partial charge < -0.3 is 15.0 Å². The second-order valence-electron chi connectivity index (χ2n) is 4.25. The fourth-order valence-corrected chi connectivity index (χ4v) is 2.03. The zero-order chi connectivity index (χ0) is 14.7. The van der Waals surface area contributed by atoms with Gasteiger partial charge in [0, 0.05) is 19.0 Å². The van der Waals surface area contributed by atoms with Crippen LogP contribution in [0.3, 0.4) is 0 Å². The van der Waals surface area contributed by atoms with Crippen molar-refractivity contribution in [1.82, 2.24) is 10.2 Å². The van der Waals surface area contributed by atoms with Crippen LogP contribution in [0.5, 0.6) is 0 Å². The Hall–Kier alpha value is -1.68. The van der Waals surface area contributed by atoms with Crippen LogP contribution >= 0.6 is 0 Å². The smallest absolute Gasteiger partial charge is 0.225 e. The largest absolute Gasteiger partial charge is 0.335 e. The normalized spacial score (nSPS) is 18.8. The SMILES string of the molecule is C=C/C=C(\C=C/C)CN1C(=O)C[C@H]1CCNC.C=O. The van der Waals surface area contributed by atoms with Gasteiger partial charge in [-0.05, 0) is 32.5 Å². The molecule has 0 unspecified atom stereocenters. The highest BCUT2D eigenvalue weighted by Gasteiger charge is 2.35. The molecule has 0 aromatic heterocycles. The van der Waals surface area contributed by atoms with Gasteiger partial charge in [-0.3, -0.25) is 4.79 Å². The Morgan fingerprint density at radius 1 is 1.53 bits per heavy atom. The van der Waals surface area contributed by atoms with Crippen LogP contribution in [0, 0.1) is 0 Å². The van der Waals surface area contributed by atoms with E-state index in [4.69, 9.17) is 4.79 Å². The van der Waals surface area contributed by atoms with Gasteiger partial charge in [-0.25, -0.2) is 0 Å². The monoisotopic (exact) mass is 264 g/mol. The van der Waals surface area contributed by atoms with Gasteiger partial charge in [0.05, 0.1) is 0 Å². The molecule has 1 atom stereocenters. The molecular formula is C15H24N2O2. The standard InChI is InChI=1S/C14H22N2O.CH2O/c1-4-6-12(7-5-2)11-16-13(8-9-15-3)10-14(16)17;1-2/h4-7,13,15H,1,8-11H2,2-3H3;1H2/b7-5-,12-6+;/t13-;/m1./s1. The number of β-lactam (4-membered cyclic amide) rings is 1. The summed E-state index contributed by atoms with van der Waals surface area (Å²) in [4.78, 5) is 21.5. The van der Waals surface area contributed by atoms with E-state index in [0.29, 0.717) is 19.0 Å². The molecule has 1 aliphatic rings. The van der Waals surface area contributed by atoms with E-state index < -0.39 is 0 Å². The number of amides is 1. The third-order valence-electron chi connectivity index (χ3n) is 2.96. The predicted molar refractivity (Wildman–Crippen MR) is 78.9 cm³/mol. The van der Waals surface area contributed by atoms with E-state index in [1.165, 1.54) is 0 Å². The number of allylic oxidation sites excluding steroid dienone is 3. The van der Waals surface area contributed by atoms with Crippen LogP contribution in [0.1, 0.15) is 19.8 Å². The molecule has 0 spiro atoms. The first-order valence-electron chi connectivity index (χ1n) is 6.40. The summed E-state index contributed by atoms with van der Waals surface area (Å²) in [5, 5.41) is 3.12. The Morgan fingerprint density at radius 2 is 2.21 bits per heavy atom. The van der Waals surface area contributed by atoms with Gasteiger partial charge in [-0.1, -0.05) is 30.9 Å². The maximum atomic E-state index is 11.6. The average molecular weight is 264 g/mol. The zero-order valence-corrected chi connectivity index (χ0v) is 11.9. The van der Waals surface area contributed by atoms with Crippen molar-refractivity contribution in [2.24, 2.45) is 0 Å². The molecule has 4 nitrogen and oxygen atoms in total. The molecule has 0 aromatic carbocycles. The molecule has 0 aromatic rings. The van der Waals surface area contributed by atoms with E-state index in [1.54, 1.807) is 6.08 Å². The molecule has 1 N–H and O–H groups in total. The minimum Gasteiger partial charge on any atom is -0.335 e. The number of nitrogens with zero attached hydrogens (tertiary/aromatic N) is 1. The Kier molecular flexibility index (Phi) is 9.35. The maximum absolute atomic E-state index is 11.6. The van der Waals surface area contributed by atoms with Crippen LogP contribution in [0.25, 0.3) is 0 Å². The molecule has 4 heteroatoms.